The molecule has 4 amide bonds. The predicted octanol–water partition coefficient (Wildman–Crippen LogP) is 3.53. The summed E-state index contributed by atoms with van der Waals surface area (Å²) < 4.78 is 37.9. The highest BCUT2D eigenvalue weighted by Crippen LogP contribution is 2.35. The number of nitrogens with one attached hydrogen (secondary N) is 3. The number of pyridine rings is 1. The van der Waals surface area contributed by atoms with Crippen molar-refractivity contribution < 1.29 is 32.6 Å². The normalized spacial score (nSPS) is 21.1. The highest BCUT2D eigenvalue weighted by molar-refractivity contribution is 6.01. The van der Waals surface area contributed by atoms with Crippen LogP contribution in [0.4, 0.5) is 18.4 Å². The van der Waals surface area contributed by atoms with Gasteiger partial charge in [0.25, 0.3) is 0 Å². The van der Waals surface area contributed by atoms with Gasteiger partial charge in [-0.1, -0.05) is 12.1 Å². The number of methoxy groups -OCH3 is 2. The summed E-state index contributed by atoms with van der Waals surface area (Å²) in [6.07, 6.45) is 5.77. The van der Waals surface area contributed by atoms with E-state index in [1.165, 1.54) is 13.2 Å². The van der Waals surface area contributed by atoms with Crippen LogP contribution in [0.3, 0.4) is 0 Å². The number of aromatic nitrogens is 1. The molecule has 214 valence electrons. The molecule has 2 aromatic rings. The molecule has 1 atom stereocenters. The van der Waals surface area contributed by atoms with E-state index in [1.807, 2.05) is 18.3 Å². The third-order valence-electron chi connectivity index (χ3n) is 7.17. The second-order valence-electron chi connectivity index (χ2n) is 9.68. The maximum Gasteiger partial charge on any atom is 0.338 e. The predicted molar refractivity (Wildman–Crippen MR) is 141 cm³/mol. The summed E-state index contributed by atoms with van der Waals surface area (Å²) in [6.45, 7) is 0.457. The first-order chi connectivity index (χ1) is 19.3. The van der Waals surface area contributed by atoms with Crippen molar-refractivity contribution in [3.8, 4) is 0 Å². The van der Waals surface area contributed by atoms with Gasteiger partial charge in [-0.25, -0.2) is 28.1 Å². The number of carbonyl (C=O) groups excluding carboxylic acids is 3. The summed E-state index contributed by atoms with van der Waals surface area (Å²) in [5, 5.41) is 8.61. The van der Waals surface area contributed by atoms with Gasteiger partial charge in [0.15, 0.2) is 11.6 Å². The zero-order chi connectivity index (χ0) is 28.6. The van der Waals surface area contributed by atoms with E-state index in [4.69, 9.17) is 9.47 Å². The highest BCUT2D eigenvalue weighted by Gasteiger charge is 2.43. The molecular formula is C28H33F2N5O5. The average molecular weight is 558 g/mol. The third-order valence-corrected chi connectivity index (χ3v) is 7.17. The quantitative estimate of drug-likeness (QED) is 0.319. The number of halogens is 2. The number of carbonyl (C=O) groups is 3. The SMILES string of the molecule is COCC1=C(C(=O)OC)C(c2ccc(F)c(F)c2)N(C(=O)NCCNC2CCC(c3ccccn3)CC2)C(=O)N1. The molecule has 12 heteroatoms. The summed E-state index contributed by atoms with van der Waals surface area (Å²) in [7, 11) is 2.50. The summed E-state index contributed by atoms with van der Waals surface area (Å²) in [4.78, 5) is 44.3. The molecule has 0 bridgehead atoms. The molecule has 10 nitrogen and oxygen atoms in total. The highest BCUT2D eigenvalue weighted by atomic mass is 19.2. The van der Waals surface area contributed by atoms with Crippen LogP contribution in [0.25, 0.3) is 0 Å². The minimum absolute atomic E-state index is 0.0145. The lowest BCUT2D eigenvalue weighted by Crippen LogP contribution is -2.55. The van der Waals surface area contributed by atoms with E-state index >= 15 is 0 Å². The molecule has 2 heterocycles. The van der Waals surface area contributed by atoms with Crippen LogP contribution in [0.2, 0.25) is 0 Å². The van der Waals surface area contributed by atoms with Crippen molar-refractivity contribution in [2.45, 2.75) is 43.7 Å². The number of imide groups is 1. The van der Waals surface area contributed by atoms with Gasteiger partial charge in [-0.3, -0.25) is 4.98 Å². The van der Waals surface area contributed by atoms with Crippen LogP contribution in [0.1, 0.15) is 48.9 Å². The van der Waals surface area contributed by atoms with Gasteiger partial charge in [0, 0.05) is 44.0 Å². The Bertz CT molecular complexity index is 1250. The lowest BCUT2D eigenvalue weighted by Gasteiger charge is -2.36. The standard InChI is InChI=1S/C28H33F2N5O5/c1-39-16-23-24(26(36)40-2)25(18-8-11-20(29)21(30)15-18)35(28(38)34-23)27(37)33-14-13-31-19-9-6-17(7-10-19)22-5-3-4-12-32-22/h3-5,8,11-12,15,17,19,25,31H,6-7,9-10,13-14,16H2,1-2H3,(H,33,37)(H,34,38). The van der Waals surface area contributed by atoms with Crippen LogP contribution >= 0.6 is 0 Å². The number of rotatable bonds is 9. The Kier molecular flexibility index (Phi) is 9.78. The fraction of sp³-hybridized carbons (Fsp3) is 0.429. The number of ether oxygens (including phenoxy) is 2. The molecule has 1 fully saturated rings. The van der Waals surface area contributed by atoms with Gasteiger partial charge in [-0.15, -0.1) is 0 Å². The zero-order valence-electron chi connectivity index (χ0n) is 22.4. The first-order valence-electron chi connectivity index (χ1n) is 13.1. The fourth-order valence-corrected chi connectivity index (χ4v) is 5.22. The van der Waals surface area contributed by atoms with Gasteiger partial charge in [0.05, 0.1) is 25.0 Å². The van der Waals surface area contributed by atoms with E-state index in [0.717, 1.165) is 55.5 Å². The number of hydrogen-bond acceptors (Lipinski definition) is 7. The molecule has 0 spiro atoms. The lowest BCUT2D eigenvalue weighted by molar-refractivity contribution is -0.137. The van der Waals surface area contributed by atoms with Gasteiger partial charge >= 0.3 is 18.0 Å². The molecule has 0 saturated heterocycles. The van der Waals surface area contributed by atoms with Crippen LogP contribution in [-0.2, 0) is 14.3 Å². The van der Waals surface area contributed by atoms with E-state index in [1.54, 1.807) is 0 Å². The number of nitrogens with zero attached hydrogens (tertiary/aromatic N) is 2. The second-order valence-corrected chi connectivity index (χ2v) is 9.68. The van der Waals surface area contributed by atoms with Crippen LogP contribution in [0, 0.1) is 11.6 Å². The molecule has 1 aliphatic heterocycles. The minimum Gasteiger partial charge on any atom is -0.466 e. The molecule has 0 radical (unpaired) electrons. The smallest absolute Gasteiger partial charge is 0.338 e. The monoisotopic (exact) mass is 557 g/mol. The maximum absolute atomic E-state index is 14.2. The maximum atomic E-state index is 14.2. The van der Waals surface area contributed by atoms with Crippen LogP contribution < -0.4 is 16.0 Å². The molecule has 1 aromatic heterocycles. The number of amides is 4. The zero-order valence-corrected chi connectivity index (χ0v) is 22.4. The summed E-state index contributed by atoms with van der Waals surface area (Å²) in [5.41, 5.74) is 1.05. The van der Waals surface area contributed by atoms with E-state index in [-0.39, 0.29) is 36.0 Å². The average Bonchev–Trinajstić information content (AvgIpc) is 2.97. The summed E-state index contributed by atoms with van der Waals surface area (Å²) in [5.74, 6) is -2.73. The molecular weight excluding hydrogens is 524 g/mol. The van der Waals surface area contributed by atoms with Crippen molar-refractivity contribution in [3.05, 3.63) is 76.8 Å². The van der Waals surface area contributed by atoms with E-state index in [0.29, 0.717) is 12.5 Å². The first-order valence-corrected chi connectivity index (χ1v) is 13.1. The molecule has 3 N–H and O–H groups in total. The Morgan fingerprint density at radius 2 is 1.85 bits per heavy atom. The molecule has 1 saturated carbocycles. The molecule has 2 aliphatic rings. The Hall–Kier alpha value is -3.90. The van der Waals surface area contributed by atoms with Gasteiger partial charge < -0.3 is 25.4 Å². The third kappa shape index (κ3) is 6.62. The second kappa shape index (κ2) is 13.4. The van der Waals surface area contributed by atoms with E-state index in [9.17, 15) is 23.2 Å². The topological polar surface area (TPSA) is 122 Å². The van der Waals surface area contributed by atoms with Crippen molar-refractivity contribution in [1.29, 1.82) is 0 Å². The van der Waals surface area contributed by atoms with Gasteiger partial charge in [0.1, 0.15) is 6.04 Å². The van der Waals surface area contributed by atoms with Gasteiger partial charge in [-0.2, -0.15) is 0 Å². The Morgan fingerprint density at radius 1 is 1.07 bits per heavy atom. The minimum atomic E-state index is -1.38. The molecule has 1 unspecified atom stereocenters. The number of urea groups is 2. The van der Waals surface area contributed by atoms with Crippen molar-refractivity contribution in [3.63, 3.8) is 0 Å². The van der Waals surface area contributed by atoms with E-state index in [2.05, 4.69) is 27.0 Å². The van der Waals surface area contributed by atoms with Crippen molar-refractivity contribution >= 4 is 18.0 Å². The first kappa shape index (κ1) is 29.1. The van der Waals surface area contributed by atoms with Crippen molar-refractivity contribution in [2.24, 2.45) is 0 Å². The molecule has 4 rings (SSSR count). The fourth-order valence-electron chi connectivity index (χ4n) is 5.22. The van der Waals surface area contributed by atoms with Crippen LogP contribution in [-0.4, -0.2) is 67.9 Å². The number of benzene rings is 1. The summed E-state index contributed by atoms with van der Waals surface area (Å²) in [6, 6.07) is 6.11. The Labute approximate surface area is 231 Å². The van der Waals surface area contributed by atoms with Crippen LogP contribution in [0.5, 0.6) is 0 Å². The molecule has 1 aliphatic carbocycles. The number of hydrogen-bond donors (Lipinski definition) is 3. The largest absolute Gasteiger partial charge is 0.466 e. The van der Waals surface area contributed by atoms with Gasteiger partial charge in [0.2, 0.25) is 0 Å². The van der Waals surface area contributed by atoms with E-state index < -0.39 is 35.7 Å². The Morgan fingerprint density at radius 3 is 2.50 bits per heavy atom. The summed E-state index contributed by atoms with van der Waals surface area (Å²) >= 11 is 0. The molecule has 1 aromatic carbocycles. The molecule has 40 heavy (non-hydrogen) atoms. The van der Waals surface area contributed by atoms with Crippen molar-refractivity contribution in [2.75, 3.05) is 33.9 Å². The van der Waals surface area contributed by atoms with Crippen LogP contribution in [0.15, 0.2) is 53.9 Å². The van der Waals surface area contributed by atoms with Crippen molar-refractivity contribution in [1.82, 2.24) is 25.8 Å². The number of esters is 1. The Balaban J connectivity index is 1.43. The lowest BCUT2D eigenvalue weighted by atomic mass is 9.84. The van der Waals surface area contributed by atoms with Gasteiger partial charge in [-0.05, 0) is 55.5 Å².